The molecule has 4 heteroatoms. The summed E-state index contributed by atoms with van der Waals surface area (Å²) < 4.78 is 5.29. The van der Waals surface area contributed by atoms with Gasteiger partial charge in [-0.1, -0.05) is 18.2 Å². The molecule has 2 nitrogen and oxygen atoms in total. The first-order valence-electron chi connectivity index (χ1n) is 7.67. The fourth-order valence-electron chi connectivity index (χ4n) is 2.95. The molecule has 0 aliphatic carbocycles. The second-order valence-corrected chi connectivity index (χ2v) is 8.83. The van der Waals surface area contributed by atoms with Gasteiger partial charge in [-0.15, -0.1) is 23.5 Å². The SMILES string of the molecule is COc1ccc2cc(C3(CC(C)O)SCCCS3)ccc2c1. The highest BCUT2D eigenvalue weighted by Crippen LogP contribution is 2.53. The number of hydrogen-bond donors (Lipinski definition) is 1. The Kier molecular flexibility index (Phi) is 4.91. The molecule has 0 amide bonds. The Morgan fingerprint density at radius 1 is 1.14 bits per heavy atom. The first kappa shape index (κ1) is 16.0. The minimum atomic E-state index is -0.287. The van der Waals surface area contributed by atoms with Crippen molar-refractivity contribution in [3.63, 3.8) is 0 Å². The maximum absolute atomic E-state index is 9.97. The fourth-order valence-corrected chi connectivity index (χ4v) is 6.51. The lowest BCUT2D eigenvalue weighted by Crippen LogP contribution is -2.27. The van der Waals surface area contributed by atoms with Crippen molar-refractivity contribution in [1.82, 2.24) is 0 Å². The van der Waals surface area contributed by atoms with Gasteiger partial charge >= 0.3 is 0 Å². The third-order valence-electron chi connectivity index (χ3n) is 4.01. The van der Waals surface area contributed by atoms with Gasteiger partial charge in [0.05, 0.1) is 17.3 Å². The van der Waals surface area contributed by atoms with Gasteiger partial charge in [-0.3, -0.25) is 0 Å². The Labute approximate surface area is 140 Å². The van der Waals surface area contributed by atoms with Gasteiger partial charge in [0.15, 0.2) is 0 Å². The molecule has 0 bridgehead atoms. The van der Waals surface area contributed by atoms with Crippen molar-refractivity contribution < 1.29 is 9.84 Å². The number of rotatable bonds is 4. The number of benzene rings is 2. The maximum atomic E-state index is 9.97. The van der Waals surface area contributed by atoms with Crippen molar-refractivity contribution in [3.8, 4) is 5.75 Å². The molecule has 0 saturated carbocycles. The van der Waals surface area contributed by atoms with Gasteiger partial charge in [0.2, 0.25) is 0 Å². The van der Waals surface area contributed by atoms with E-state index in [1.807, 2.05) is 36.5 Å². The molecule has 118 valence electrons. The van der Waals surface area contributed by atoms with Crippen LogP contribution in [0.15, 0.2) is 36.4 Å². The van der Waals surface area contributed by atoms with E-state index in [2.05, 4.69) is 30.3 Å². The summed E-state index contributed by atoms with van der Waals surface area (Å²) in [6.45, 7) is 1.89. The van der Waals surface area contributed by atoms with Crippen LogP contribution in [0.5, 0.6) is 5.75 Å². The predicted molar refractivity (Wildman–Crippen MR) is 98.0 cm³/mol. The Balaban J connectivity index is 2.02. The third kappa shape index (κ3) is 3.24. The van der Waals surface area contributed by atoms with E-state index in [1.54, 1.807) is 7.11 Å². The minimum Gasteiger partial charge on any atom is -0.497 e. The van der Waals surface area contributed by atoms with Gasteiger partial charge in [-0.25, -0.2) is 0 Å². The molecule has 3 rings (SSSR count). The second-order valence-electron chi connectivity index (χ2n) is 5.78. The van der Waals surface area contributed by atoms with Crippen LogP contribution >= 0.6 is 23.5 Å². The van der Waals surface area contributed by atoms with Crippen LogP contribution in [0.2, 0.25) is 0 Å². The van der Waals surface area contributed by atoms with Crippen LogP contribution in [0.1, 0.15) is 25.3 Å². The average molecular weight is 335 g/mol. The number of fused-ring (bicyclic) bond motifs is 1. The average Bonchev–Trinajstić information content (AvgIpc) is 2.54. The van der Waals surface area contributed by atoms with E-state index in [0.29, 0.717) is 0 Å². The maximum Gasteiger partial charge on any atom is 0.119 e. The molecule has 1 aliphatic rings. The lowest BCUT2D eigenvalue weighted by atomic mass is 10.0. The quantitative estimate of drug-likeness (QED) is 0.882. The summed E-state index contributed by atoms with van der Waals surface area (Å²) in [6.07, 6.45) is 1.76. The van der Waals surface area contributed by atoms with Crippen molar-refractivity contribution in [3.05, 3.63) is 42.0 Å². The molecule has 1 unspecified atom stereocenters. The van der Waals surface area contributed by atoms with Crippen LogP contribution in [0.25, 0.3) is 10.8 Å². The predicted octanol–water partition coefficient (Wildman–Crippen LogP) is 4.64. The van der Waals surface area contributed by atoms with E-state index in [0.717, 1.165) is 12.2 Å². The smallest absolute Gasteiger partial charge is 0.119 e. The van der Waals surface area contributed by atoms with Gasteiger partial charge in [0.25, 0.3) is 0 Å². The standard InChI is InChI=1S/C18H22O2S2/c1-13(19)12-18(21-8-3-9-22-18)16-6-4-15-11-17(20-2)7-5-14(15)10-16/h4-7,10-11,13,19H,3,8-9,12H2,1-2H3. The highest BCUT2D eigenvalue weighted by molar-refractivity contribution is 8.18. The van der Waals surface area contributed by atoms with E-state index in [-0.39, 0.29) is 10.2 Å². The molecule has 1 atom stereocenters. The molecule has 1 saturated heterocycles. The van der Waals surface area contributed by atoms with Gasteiger partial charge in [0, 0.05) is 6.42 Å². The minimum absolute atomic E-state index is 0.0134. The number of ether oxygens (including phenoxy) is 1. The van der Waals surface area contributed by atoms with Crippen molar-refractivity contribution in [2.45, 2.75) is 29.9 Å². The largest absolute Gasteiger partial charge is 0.497 e. The van der Waals surface area contributed by atoms with E-state index in [4.69, 9.17) is 4.74 Å². The molecule has 1 N–H and O–H groups in total. The highest BCUT2D eigenvalue weighted by atomic mass is 32.2. The Morgan fingerprint density at radius 2 is 1.82 bits per heavy atom. The topological polar surface area (TPSA) is 29.5 Å². The number of methoxy groups -OCH3 is 1. The summed E-state index contributed by atoms with van der Waals surface area (Å²) in [7, 11) is 1.70. The molecule has 22 heavy (non-hydrogen) atoms. The first-order chi connectivity index (χ1) is 10.6. The molecule has 0 radical (unpaired) electrons. The van der Waals surface area contributed by atoms with E-state index in [1.165, 1.54) is 34.3 Å². The molecule has 0 aromatic heterocycles. The second kappa shape index (κ2) is 6.73. The summed E-state index contributed by atoms with van der Waals surface area (Å²) in [5.41, 5.74) is 1.32. The number of hydrogen-bond acceptors (Lipinski definition) is 4. The zero-order chi connectivity index (χ0) is 15.6. The van der Waals surface area contributed by atoms with Gasteiger partial charge in [-0.05, 0) is 59.4 Å². The fraction of sp³-hybridized carbons (Fsp3) is 0.444. The number of aliphatic hydroxyl groups is 1. The summed E-state index contributed by atoms with van der Waals surface area (Å²) >= 11 is 3.97. The molecule has 1 aliphatic heterocycles. The summed E-state index contributed by atoms with van der Waals surface area (Å²) in [4.78, 5) is 0. The zero-order valence-electron chi connectivity index (χ0n) is 13.0. The van der Waals surface area contributed by atoms with Gasteiger partial charge < -0.3 is 9.84 Å². The van der Waals surface area contributed by atoms with Crippen LogP contribution in [-0.2, 0) is 4.08 Å². The molecule has 2 aromatic carbocycles. The van der Waals surface area contributed by atoms with Crippen LogP contribution in [0.4, 0.5) is 0 Å². The first-order valence-corrected chi connectivity index (χ1v) is 9.64. The lowest BCUT2D eigenvalue weighted by molar-refractivity contribution is 0.180. The summed E-state index contributed by atoms with van der Waals surface area (Å²) in [5.74, 6) is 3.22. The van der Waals surface area contributed by atoms with Crippen molar-refractivity contribution in [1.29, 1.82) is 0 Å². The molecule has 1 heterocycles. The van der Waals surface area contributed by atoms with Gasteiger partial charge in [-0.2, -0.15) is 0 Å². The molecule has 0 spiro atoms. The van der Waals surface area contributed by atoms with E-state index >= 15 is 0 Å². The zero-order valence-corrected chi connectivity index (χ0v) is 14.7. The van der Waals surface area contributed by atoms with Crippen LogP contribution in [0.3, 0.4) is 0 Å². The third-order valence-corrected chi connectivity index (χ3v) is 7.44. The Bertz CT molecular complexity index is 649. The lowest BCUT2D eigenvalue weighted by Gasteiger charge is -2.37. The molecular weight excluding hydrogens is 312 g/mol. The number of thioether (sulfide) groups is 2. The summed E-state index contributed by atoms with van der Waals surface area (Å²) in [5, 5.41) is 12.4. The monoisotopic (exact) mass is 334 g/mol. The Hall–Kier alpha value is -0.840. The van der Waals surface area contributed by atoms with E-state index in [9.17, 15) is 5.11 Å². The van der Waals surface area contributed by atoms with Crippen LogP contribution in [-0.4, -0.2) is 29.8 Å². The number of aliphatic hydroxyl groups excluding tert-OH is 1. The van der Waals surface area contributed by atoms with E-state index < -0.39 is 0 Å². The van der Waals surface area contributed by atoms with Gasteiger partial charge in [0.1, 0.15) is 5.75 Å². The highest BCUT2D eigenvalue weighted by Gasteiger charge is 2.36. The van der Waals surface area contributed by atoms with Crippen LogP contribution in [0, 0.1) is 0 Å². The normalized spacial score (nSPS) is 19.0. The van der Waals surface area contributed by atoms with Crippen molar-refractivity contribution >= 4 is 34.3 Å². The summed E-state index contributed by atoms with van der Waals surface area (Å²) in [6, 6.07) is 12.9. The van der Waals surface area contributed by atoms with Crippen LogP contribution < -0.4 is 4.74 Å². The Morgan fingerprint density at radius 3 is 2.50 bits per heavy atom. The molecular formula is C18H22O2S2. The molecule has 1 fully saturated rings. The van der Waals surface area contributed by atoms with Crippen molar-refractivity contribution in [2.24, 2.45) is 0 Å². The van der Waals surface area contributed by atoms with Crippen molar-refractivity contribution in [2.75, 3.05) is 18.6 Å². The molecule has 2 aromatic rings.